The van der Waals surface area contributed by atoms with E-state index < -0.39 is 0 Å². The molecule has 2 fully saturated rings. The Morgan fingerprint density at radius 3 is 1.53 bits per heavy atom. The van der Waals surface area contributed by atoms with Crippen molar-refractivity contribution in [2.75, 3.05) is 13.1 Å². The lowest BCUT2D eigenvalue weighted by Gasteiger charge is -2.20. The lowest BCUT2D eigenvalue weighted by Crippen LogP contribution is -2.32. The quantitative estimate of drug-likeness (QED) is 0.310. The molecule has 36 heavy (non-hydrogen) atoms. The second kappa shape index (κ2) is 12.5. The van der Waals surface area contributed by atoms with Crippen molar-refractivity contribution >= 4 is 54.9 Å². The van der Waals surface area contributed by atoms with Gasteiger partial charge in [-0.3, -0.25) is 9.59 Å². The van der Waals surface area contributed by atoms with Crippen LogP contribution in [0.25, 0.3) is 20.4 Å². The Morgan fingerprint density at radius 1 is 0.694 bits per heavy atom. The van der Waals surface area contributed by atoms with Crippen molar-refractivity contribution in [1.29, 1.82) is 0 Å². The van der Waals surface area contributed by atoms with Crippen LogP contribution in [0.15, 0.2) is 12.1 Å². The predicted octanol–water partition coefficient (Wildman–Crippen LogP) is 6.16. The van der Waals surface area contributed by atoms with Crippen LogP contribution in [0.2, 0.25) is 0 Å². The first-order valence-corrected chi connectivity index (χ1v) is 15.5. The monoisotopic (exact) mass is 526 g/mol. The molecule has 2 saturated carbocycles. The third-order valence-corrected chi connectivity index (χ3v) is 9.83. The van der Waals surface area contributed by atoms with E-state index in [1.807, 2.05) is 0 Å². The summed E-state index contributed by atoms with van der Waals surface area (Å²) in [6.45, 7) is 1.46. The van der Waals surface area contributed by atoms with Crippen LogP contribution in [-0.4, -0.2) is 34.9 Å². The molecule has 2 heterocycles. The highest BCUT2D eigenvalue weighted by molar-refractivity contribution is 7.20. The first-order valence-electron chi connectivity index (χ1n) is 13.9. The van der Waals surface area contributed by atoms with Gasteiger partial charge in [0, 0.05) is 37.8 Å². The second-order valence-electron chi connectivity index (χ2n) is 10.5. The fourth-order valence-corrected chi connectivity index (χ4v) is 7.63. The van der Waals surface area contributed by atoms with E-state index in [0.717, 1.165) is 85.5 Å². The van der Waals surface area contributed by atoms with E-state index in [9.17, 15) is 9.59 Å². The maximum absolute atomic E-state index is 12.3. The van der Waals surface area contributed by atoms with E-state index in [2.05, 4.69) is 22.8 Å². The molecule has 1 aromatic carbocycles. The van der Waals surface area contributed by atoms with Crippen LogP contribution in [0, 0.1) is 11.8 Å². The molecule has 2 aliphatic rings. The lowest BCUT2D eigenvalue weighted by atomic mass is 9.89. The Kier molecular flexibility index (Phi) is 8.85. The first-order chi connectivity index (χ1) is 17.7. The number of carbonyl (C=O) groups is 2. The molecule has 194 valence electrons. The molecule has 6 nitrogen and oxygen atoms in total. The van der Waals surface area contributed by atoms with Gasteiger partial charge in [0.25, 0.3) is 0 Å². The first kappa shape index (κ1) is 25.6. The van der Waals surface area contributed by atoms with Gasteiger partial charge < -0.3 is 10.6 Å². The zero-order valence-electron chi connectivity index (χ0n) is 21.2. The Hall–Kier alpha value is -2.06. The number of benzene rings is 1. The summed E-state index contributed by atoms with van der Waals surface area (Å²) >= 11 is 3.48. The summed E-state index contributed by atoms with van der Waals surface area (Å²) in [6, 6.07) is 4.34. The molecule has 8 heteroatoms. The van der Waals surface area contributed by atoms with Gasteiger partial charge >= 0.3 is 0 Å². The molecule has 2 aliphatic carbocycles. The van der Waals surface area contributed by atoms with Gasteiger partial charge in [-0.25, -0.2) is 9.97 Å². The third-order valence-electron chi connectivity index (χ3n) is 7.67. The van der Waals surface area contributed by atoms with Gasteiger partial charge in [0.1, 0.15) is 0 Å². The van der Waals surface area contributed by atoms with E-state index in [-0.39, 0.29) is 23.7 Å². The minimum absolute atomic E-state index is 0.229. The number of aryl methyl sites for hydroxylation is 2. The number of amides is 2. The number of nitrogens with one attached hydrogen (secondary N) is 2. The molecule has 2 aromatic heterocycles. The molecule has 0 saturated heterocycles. The van der Waals surface area contributed by atoms with E-state index in [1.165, 1.54) is 47.9 Å². The van der Waals surface area contributed by atoms with Gasteiger partial charge in [-0.1, -0.05) is 38.5 Å². The number of hydrogen-bond donors (Lipinski definition) is 2. The van der Waals surface area contributed by atoms with Crippen molar-refractivity contribution in [2.24, 2.45) is 11.8 Å². The summed E-state index contributed by atoms with van der Waals surface area (Å²) < 4.78 is 2.36. The maximum Gasteiger partial charge on any atom is 0.223 e. The summed E-state index contributed by atoms with van der Waals surface area (Å²) in [4.78, 5) is 34.3. The van der Waals surface area contributed by atoms with Crippen LogP contribution in [0.5, 0.6) is 0 Å². The van der Waals surface area contributed by atoms with E-state index >= 15 is 0 Å². The third kappa shape index (κ3) is 6.62. The summed E-state index contributed by atoms with van der Waals surface area (Å²) in [6.07, 6.45) is 15.1. The van der Waals surface area contributed by atoms with E-state index in [1.54, 1.807) is 22.7 Å². The Bertz CT molecular complexity index is 1040. The maximum atomic E-state index is 12.3. The molecular weight excluding hydrogens is 488 g/mol. The van der Waals surface area contributed by atoms with Gasteiger partial charge in [-0.2, -0.15) is 0 Å². The number of thiazole rings is 2. The molecule has 2 amide bonds. The SMILES string of the molecule is O=C(NCCCc1nc2cc3sc(CCCNC(=O)C4CCCCC4)nc3cc2s1)C1CCCCC1. The number of aromatic nitrogens is 2. The number of carbonyl (C=O) groups excluding carboxylic acids is 2. The van der Waals surface area contributed by atoms with Crippen LogP contribution in [-0.2, 0) is 22.4 Å². The average Bonchev–Trinajstić information content (AvgIpc) is 3.50. The average molecular weight is 527 g/mol. The van der Waals surface area contributed by atoms with Gasteiger partial charge in [-0.15, -0.1) is 22.7 Å². The van der Waals surface area contributed by atoms with Crippen LogP contribution < -0.4 is 10.6 Å². The van der Waals surface area contributed by atoms with Gasteiger partial charge in [0.15, 0.2) is 0 Å². The van der Waals surface area contributed by atoms with Crippen LogP contribution in [0.1, 0.15) is 87.1 Å². The highest BCUT2D eigenvalue weighted by Crippen LogP contribution is 2.31. The van der Waals surface area contributed by atoms with Crippen molar-refractivity contribution in [2.45, 2.75) is 89.9 Å². The largest absolute Gasteiger partial charge is 0.356 e. The molecule has 5 rings (SSSR count). The Morgan fingerprint density at radius 2 is 1.11 bits per heavy atom. The molecule has 0 spiro atoms. The smallest absolute Gasteiger partial charge is 0.223 e. The Labute approximate surface area is 221 Å². The minimum Gasteiger partial charge on any atom is -0.356 e. The standard InChI is InChI=1S/C28H38N4O2S2/c33-27(19-9-3-1-4-10-19)29-15-7-13-25-31-21-17-24-22(18-23(21)35-25)32-26(36-24)14-8-16-30-28(34)20-11-5-2-6-12-20/h17-20H,1-16H2,(H,29,33)(H,30,34). The number of fused-ring (bicyclic) bond motifs is 2. The summed E-state index contributed by atoms with van der Waals surface area (Å²) in [5, 5.41) is 8.53. The summed E-state index contributed by atoms with van der Waals surface area (Å²) in [7, 11) is 0. The number of nitrogens with zero attached hydrogens (tertiary/aromatic N) is 2. The van der Waals surface area contributed by atoms with Crippen molar-refractivity contribution in [3.63, 3.8) is 0 Å². The minimum atomic E-state index is 0.229. The molecule has 2 N–H and O–H groups in total. The van der Waals surface area contributed by atoms with E-state index in [0.29, 0.717) is 0 Å². The second-order valence-corrected chi connectivity index (χ2v) is 12.7. The van der Waals surface area contributed by atoms with Crippen LogP contribution >= 0.6 is 22.7 Å². The molecule has 3 aromatic rings. The van der Waals surface area contributed by atoms with Gasteiger partial charge in [-0.05, 0) is 50.7 Å². The Balaban J connectivity index is 1.07. The fourth-order valence-electron chi connectivity index (χ4n) is 5.58. The van der Waals surface area contributed by atoms with Crippen molar-refractivity contribution in [3.05, 3.63) is 22.1 Å². The molecular formula is C28H38N4O2S2. The van der Waals surface area contributed by atoms with Gasteiger partial charge in [0.2, 0.25) is 11.8 Å². The molecule has 0 bridgehead atoms. The summed E-state index contributed by atoms with van der Waals surface area (Å²) in [5.41, 5.74) is 2.09. The fraction of sp³-hybridized carbons (Fsp3) is 0.643. The zero-order chi connectivity index (χ0) is 24.7. The highest BCUT2D eigenvalue weighted by atomic mass is 32.1. The molecule has 0 radical (unpaired) electrons. The summed E-state index contributed by atoms with van der Waals surface area (Å²) in [5.74, 6) is 0.944. The molecule has 0 atom stereocenters. The zero-order valence-corrected chi connectivity index (χ0v) is 22.8. The lowest BCUT2D eigenvalue weighted by molar-refractivity contribution is -0.126. The van der Waals surface area contributed by atoms with Gasteiger partial charge in [0.05, 0.1) is 30.4 Å². The highest BCUT2D eigenvalue weighted by Gasteiger charge is 2.21. The number of rotatable bonds is 10. The topological polar surface area (TPSA) is 84.0 Å². The predicted molar refractivity (Wildman–Crippen MR) is 149 cm³/mol. The van der Waals surface area contributed by atoms with Crippen LogP contribution in [0.4, 0.5) is 0 Å². The van der Waals surface area contributed by atoms with Crippen molar-refractivity contribution < 1.29 is 9.59 Å². The van der Waals surface area contributed by atoms with E-state index in [4.69, 9.17) is 9.97 Å². The van der Waals surface area contributed by atoms with Crippen molar-refractivity contribution in [3.8, 4) is 0 Å². The normalized spacial score (nSPS) is 17.6. The van der Waals surface area contributed by atoms with Crippen molar-refractivity contribution in [1.82, 2.24) is 20.6 Å². The molecule has 0 aliphatic heterocycles. The number of hydrogen-bond acceptors (Lipinski definition) is 6. The van der Waals surface area contributed by atoms with Crippen LogP contribution in [0.3, 0.4) is 0 Å². The molecule has 0 unspecified atom stereocenters.